The Morgan fingerprint density at radius 2 is 2.31 bits per heavy atom. The lowest BCUT2D eigenvalue weighted by molar-refractivity contribution is 0.0549. The summed E-state index contributed by atoms with van der Waals surface area (Å²) in [5.41, 5.74) is 0. The Labute approximate surface area is 79.4 Å². The van der Waals surface area contributed by atoms with Gasteiger partial charge in [0.05, 0.1) is 7.11 Å². The first kappa shape index (κ1) is 9.94. The monoisotopic (exact) mass is 205 g/mol. The van der Waals surface area contributed by atoms with Crippen molar-refractivity contribution in [1.82, 2.24) is 14.8 Å². The van der Waals surface area contributed by atoms with Crippen LogP contribution in [0.5, 0.6) is 0 Å². The minimum Gasteiger partial charge on any atom is -0.463 e. The Balaban J connectivity index is 2.96. The molecule has 1 rings (SSSR count). The highest BCUT2D eigenvalue weighted by Gasteiger charge is 2.16. The molecule has 72 valence electrons. The molecule has 1 aromatic rings. The van der Waals surface area contributed by atoms with Crippen LogP contribution in [0.2, 0.25) is 5.28 Å². The maximum Gasteiger partial charge on any atom is 0.375 e. The number of hydrogen-bond acceptors (Lipinski definition) is 5. The molecule has 7 heteroatoms. The summed E-state index contributed by atoms with van der Waals surface area (Å²) < 4.78 is 10.4. The summed E-state index contributed by atoms with van der Waals surface area (Å²) in [6.45, 7) is 0.101. The van der Waals surface area contributed by atoms with Crippen molar-refractivity contribution in [3.8, 4) is 0 Å². The molecular weight excluding hydrogens is 198 g/mol. The fourth-order valence-corrected chi connectivity index (χ4v) is 0.940. The average molecular weight is 206 g/mol. The Morgan fingerprint density at radius 1 is 1.62 bits per heavy atom. The van der Waals surface area contributed by atoms with Crippen molar-refractivity contribution in [2.45, 2.75) is 6.73 Å². The van der Waals surface area contributed by atoms with Gasteiger partial charge >= 0.3 is 5.97 Å². The first-order valence-electron chi connectivity index (χ1n) is 3.36. The number of rotatable bonds is 3. The summed E-state index contributed by atoms with van der Waals surface area (Å²) in [5, 5.41) is 3.70. The number of carbonyl (C=O) groups excluding carboxylic acids is 1. The van der Waals surface area contributed by atoms with E-state index in [4.69, 9.17) is 16.3 Å². The summed E-state index contributed by atoms with van der Waals surface area (Å²) in [4.78, 5) is 14.7. The van der Waals surface area contributed by atoms with Crippen molar-refractivity contribution in [3.05, 3.63) is 11.1 Å². The topological polar surface area (TPSA) is 66.2 Å². The maximum absolute atomic E-state index is 11.1. The first-order chi connectivity index (χ1) is 6.19. The second-order valence-corrected chi connectivity index (χ2v) is 2.45. The molecule has 0 aromatic carbocycles. The molecule has 0 aliphatic heterocycles. The van der Waals surface area contributed by atoms with Crippen LogP contribution in [0, 0.1) is 0 Å². The van der Waals surface area contributed by atoms with Crippen molar-refractivity contribution < 1.29 is 14.3 Å². The van der Waals surface area contributed by atoms with Gasteiger partial charge in [-0.05, 0) is 11.6 Å². The van der Waals surface area contributed by atoms with Crippen molar-refractivity contribution in [2.24, 2.45) is 0 Å². The van der Waals surface area contributed by atoms with Gasteiger partial charge in [-0.15, -0.1) is 5.10 Å². The molecule has 0 saturated heterocycles. The molecule has 0 amide bonds. The van der Waals surface area contributed by atoms with E-state index in [1.165, 1.54) is 18.9 Å². The third-order valence-electron chi connectivity index (χ3n) is 1.27. The molecule has 0 N–H and O–H groups in total. The molecule has 0 radical (unpaired) electrons. The minimum atomic E-state index is -0.601. The fourth-order valence-electron chi connectivity index (χ4n) is 0.769. The van der Waals surface area contributed by atoms with Crippen LogP contribution >= 0.6 is 11.6 Å². The van der Waals surface area contributed by atoms with Gasteiger partial charge in [-0.2, -0.15) is 4.98 Å². The van der Waals surface area contributed by atoms with Crippen molar-refractivity contribution in [3.63, 3.8) is 0 Å². The van der Waals surface area contributed by atoms with Gasteiger partial charge in [-0.25, -0.2) is 9.48 Å². The molecule has 0 saturated carbocycles. The minimum absolute atomic E-state index is 0.0162. The van der Waals surface area contributed by atoms with E-state index in [1.54, 1.807) is 0 Å². The molecule has 0 unspecified atom stereocenters. The summed E-state index contributed by atoms with van der Waals surface area (Å²) in [6.07, 6.45) is 0. The molecule has 0 spiro atoms. The van der Waals surface area contributed by atoms with Gasteiger partial charge in [0.15, 0.2) is 0 Å². The van der Waals surface area contributed by atoms with Gasteiger partial charge < -0.3 is 9.47 Å². The van der Waals surface area contributed by atoms with Crippen molar-refractivity contribution in [1.29, 1.82) is 0 Å². The lowest BCUT2D eigenvalue weighted by Crippen LogP contribution is -2.13. The third kappa shape index (κ3) is 2.16. The number of esters is 1. The van der Waals surface area contributed by atoms with Crippen molar-refractivity contribution in [2.75, 3.05) is 14.2 Å². The largest absolute Gasteiger partial charge is 0.463 e. The van der Waals surface area contributed by atoms with Gasteiger partial charge in [-0.1, -0.05) is 0 Å². The number of carbonyl (C=O) groups is 1. The van der Waals surface area contributed by atoms with Crippen LogP contribution in [0.3, 0.4) is 0 Å². The van der Waals surface area contributed by atoms with E-state index in [0.29, 0.717) is 0 Å². The maximum atomic E-state index is 11.1. The van der Waals surface area contributed by atoms with E-state index < -0.39 is 5.97 Å². The van der Waals surface area contributed by atoms with Gasteiger partial charge in [0.25, 0.3) is 0 Å². The molecule has 1 heterocycles. The molecule has 0 aliphatic rings. The van der Waals surface area contributed by atoms with E-state index in [0.717, 1.165) is 0 Å². The highest BCUT2D eigenvalue weighted by atomic mass is 35.5. The summed E-state index contributed by atoms with van der Waals surface area (Å²) >= 11 is 5.50. The van der Waals surface area contributed by atoms with E-state index in [2.05, 4.69) is 14.8 Å². The van der Waals surface area contributed by atoms with Crippen LogP contribution in [-0.2, 0) is 16.2 Å². The van der Waals surface area contributed by atoms with E-state index >= 15 is 0 Å². The molecule has 1 aromatic heterocycles. The zero-order chi connectivity index (χ0) is 9.84. The van der Waals surface area contributed by atoms with Gasteiger partial charge in [-0.3, -0.25) is 0 Å². The highest BCUT2D eigenvalue weighted by Crippen LogP contribution is 2.05. The SMILES string of the molecule is COCn1nc(Cl)nc1C(=O)OC. The van der Waals surface area contributed by atoms with E-state index in [-0.39, 0.29) is 17.8 Å². The standard InChI is InChI=1S/C6H8ClN3O3/c1-12-3-10-4(5(11)13-2)8-6(7)9-10/h3H2,1-2H3. The Morgan fingerprint density at radius 3 is 2.85 bits per heavy atom. The third-order valence-corrected chi connectivity index (χ3v) is 1.43. The molecule has 0 bridgehead atoms. The summed E-state index contributed by atoms with van der Waals surface area (Å²) in [7, 11) is 2.72. The molecule has 0 atom stereocenters. The average Bonchev–Trinajstić information content (AvgIpc) is 2.46. The van der Waals surface area contributed by atoms with Crippen LogP contribution in [-0.4, -0.2) is 35.0 Å². The lowest BCUT2D eigenvalue weighted by atomic mass is 10.6. The number of aromatic nitrogens is 3. The number of ether oxygens (including phenoxy) is 2. The van der Waals surface area contributed by atoms with Gasteiger partial charge in [0.1, 0.15) is 6.73 Å². The van der Waals surface area contributed by atoms with Crippen LogP contribution in [0.15, 0.2) is 0 Å². The van der Waals surface area contributed by atoms with E-state index in [9.17, 15) is 4.79 Å². The number of methoxy groups -OCH3 is 2. The van der Waals surface area contributed by atoms with Crippen molar-refractivity contribution >= 4 is 17.6 Å². The molecular formula is C6H8ClN3O3. The quantitative estimate of drug-likeness (QED) is 0.665. The smallest absolute Gasteiger partial charge is 0.375 e. The summed E-state index contributed by atoms with van der Waals surface area (Å²) in [5.74, 6) is -0.578. The zero-order valence-electron chi connectivity index (χ0n) is 7.15. The fraction of sp³-hybridized carbons (Fsp3) is 0.500. The predicted octanol–water partition coefficient (Wildman–Crippen LogP) is 0.322. The molecule has 0 aliphatic carbocycles. The highest BCUT2D eigenvalue weighted by molar-refractivity contribution is 6.28. The van der Waals surface area contributed by atoms with Crippen LogP contribution < -0.4 is 0 Å². The number of halogens is 1. The first-order valence-corrected chi connectivity index (χ1v) is 3.74. The molecule has 13 heavy (non-hydrogen) atoms. The number of hydrogen-bond donors (Lipinski definition) is 0. The van der Waals surface area contributed by atoms with Gasteiger partial charge in [0, 0.05) is 7.11 Å². The second-order valence-electron chi connectivity index (χ2n) is 2.11. The Hall–Kier alpha value is -1.14. The lowest BCUT2D eigenvalue weighted by Gasteiger charge is -2.01. The zero-order valence-corrected chi connectivity index (χ0v) is 7.91. The summed E-state index contributed by atoms with van der Waals surface area (Å²) in [6, 6.07) is 0. The van der Waals surface area contributed by atoms with E-state index in [1.807, 2.05) is 0 Å². The molecule has 0 fully saturated rings. The van der Waals surface area contributed by atoms with Gasteiger partial charge in [0.2, 0.25) is 11.1 Å². The van der Waals surface area contributed by atoms with Crippen LogP contribution in [0.1, 0.15) is 10.6 Å². The van der Waals surface area contributed by atoms with Crippen LogP contribution in [0.4, 0.5) is 0 Å². The predicted molar refractivity (Wildman–Crippen MR) is 43.4 cm³/mol. The molecule has 6 nitrogen and oxygen atoms in total. The Bertz CT molecular complexity index is 312. The van der Waals surface area contributed by atoms with Crippen LogP contribution in [0.25, 0.3) is 0 Å². The normalized spacial score (nSPS) is 10.1. The number of nitrogens with zero attached hydrogens (tertiary/aromatic N) is 3. The second kappa shape index (κ2) is 4.20. The Kier molecular flexibility index (Phi) is 3.21.